The normalized spacial score (nSPS) is 10.6. The number of nitrogens with one attached hydrogen (secondary N) is 2. The van der Waals surface area contributed by atoms with Gasteiger partial charge in [-0.05, 0) is 13.8 Å². The first-order chi connectivity index (χ1) is 9.13. The zero-order chi connectivity index (χ0) is 13.8. The highest BCUT2D eigenvalue weighted by Crippen LogP contribution is 2.15. The molecule has 0 aliphatic carbocycles. The van der Waals surface area contributed by atoms with Crippen molar-refractivity contribution in [2.24, 2.45) is 0 Å². The SMILES string of the molecule is CCn1nc(C)c(N)c1C(=O)NCCc1cnc[nH]1. The van der Waals surface area contributed by atoms with Gasteiger partial charge in [-0.1, -0.05) is 0 Å². The minimum atomic E-state index is -0.195. The summed E-state index contributed by atoms with van der Waals surface area (Å²) in [6.07, 6.45) is 4.05. The average Bonchev–Trinajstić information content (AvgIpc) is 2.99. The summed E-state index contributed by atoms with van der Waals surface area (Å²) in [7, 11) is 0. The molecule has 0 aliphatic rings. The second kappa shape index (κ2) is 5.55. The quantitative estimate of drug-likeness (QED) is 0.729. The van der Waals surface area contributed by atoms with Crippen molar-refractivity contribution in [2.75, 3.05) is 12.3 Å². The standard InChI is InChI=1S/C12H18N6O/c1-3-18-11(10(13)8(2)17-18)12(19)15-5-4-9-6-14-7-16-9/h6-7H,3-5,13H2,1-2H3,(H,14,16)(H,15,19). The lowest BCUT2D eigenvalue weighted by atomic mass is 10.2. The Balaban J connectivity index is 2.00. The number of imidazole rings is 1. The van der Waals surface area contributed by atoms with Gasteiger partial charge in [-0.2, -0.15) is 5.10 Å². The van der Waals surface area contributed by atoms with Crippen molar-refractivity contribution in [3.05, 3.63) is 29.6 Å². The second-order valence-corrected chi connectivity index (χ2v) is 4.25. The highest BCUT2D eigenvalue weighted by Gasteiger charge is 2.18. The summed E-state index contributed by atoms with van der Waals surface area (Å²) >= 11 is 0. The van der Waals surface area contributed by atoms with Crippen LogP contribution < -0.4 is 11.1 Å². The van der Waals surface area contributed by atoms with Crippen LogP contribution in [0.2, 0.25) is 0 Å². The summed E-state index contributed by atoms with van der Waals surface area (Å²) in [5.74, 6) is -0.195. The van der Waals surface area contributed by atoms with E-state index in [0.29, 0.717) is 36.6 Å². The van der Waals surface area contributed by atoms with Crippen LogP contribution in [0.15, 0.2) is 12.5 Å². The smallest absolute Gasteiger partial charge is 0.271 e. The summed E-state index contributed by atoms with van der Waals surface area (Å²) in [6.45, 7) is 4.85. The van der Waals surface area contributed by atoms with E-state index in [4.69, 9.17) is 5.73 Å². The molecule has 0 aromatic carbocycles. The largest absolute Gasteiger partial charge is 0.395 e. The van der Waals surface area contributed by atoms with Crippen LogP contribution >= 0.6 is 0 Å². The molecule has 0 atom stereocenters. The Labute approximate surface area is 111 Å². The fourth-order valence-corrected chi connectivity index (χ4v) is 1.88. The Kier molecular flexibility index (Phi) is 3.84. The minimum absolute atomic E-state index is 0.195. The van der Waals surface area contributed by atoms with Gasteiger partial charge in [-0.3, -0.25) is 9.48 Å². The number of hydrogen-bond donors (Lipinski definition) is 3. The molecule has 0 unspecified atom stereocenters. The number of H-pyrrole nitrogens is 1. The summed E-state index contributed by atoms with van der Waals surface area (Å²) < 4.78 is 1.62. The van der Waals surface area contributed by atoms with Gasteiger partial charge in [-0.25, -0.2) is 4.98 Å². The van der Waals surface area contributed by atoms with Crippen molar-refractivity contribution in [1.82, 2.24) is 25.1 Å². The number of carbonyl (C=O) groups excluding carboxylic acids is 1. The van der Waals surface area contributed by atoms with E-state index in [1.165, 1.54) is 0 Å². The van der Waals surface area contributed by atoms with Crippen LogP contribution in [-0.2, 0) is 13.0 Å². The van der Waals surface area contributed by atoms with Crippen LogP contribution in [0.25, 0.3) is 0 Å². The molecule has 7 heteroatoms. The molecule has 4 N–H and O–H groups in total. The monoisotopic (exact) mass is 262 g/mol. The Bertz CT molecular complexity index is 557. The highest BCUT2D eigenvalue weighted by atomic mass is 16.2. The number of amides is 1. The summed E-state index contributed by atoms with van der Waals surface area (Å²) in [6, 6.07) is 0. The zero-order valence-corrected chi connectivity index (χ0v) is 11.1. The molecule has 0 aliphatic heterocycles. The number of carbonyl (C=O) groups is 1. The van der Waals surface area contributed by atoms with Gasteiger partial charge in [0.1, 0.15) is 5.69 Å². The van der Waals surface area contributed by atoms with E-state index in [9.17, 15) is 4.79 Å². The van der Waals surface area contributed by atoms with Gasteiger partial charge in [0.15, 0.2) is 0 Å². The van der Waals surface area contributed by atoms with Crippen LogP contribution in [0, 0.1) is 6.92 Å². The van der Waals surface area contributed by atoms with Gasteiger partial charge >= 0.3 is 0 Å². The third-order valence-electron chi connectivity index (χ3n) is 2.92. The fourth-order valence-electron chi connectivity index (χ4n) is 1.88. The number of rotatable bonds is 5. The van der Waals surface area contributed by atoms with Gasteiger partial charge in [0.25, 0.3) is 5.91 Å². The zero-order valence-electron chi connectivity index (χ0n) is 11.1. The van der Waals surface area contributed by atoms with Crippen molar-refractivity contribution >= 4 is 11.6 Å². The lowest BCUT2D eigenvalue weighted by Crippen LogP contribution is -2.28. The molecule has 2 aromatic heterocycles. The maximum atomic E-state index is 12.1. The summed E-state index contributed by atoms with van der Waals surface area (Å²) in [5, 5.41) is 7.06. The van der Waals surface area contributed by atoms with Crippen molar-refractivity contribution in [3.63, 3.8) is 0 Å². The maximum Gasteiger partial charge on any atom is 0.271 e. The lowest BCUT2D eigenvalue weighted by Gasteiger charge is -2.07. The van der Waals surface area contributed by atoms with E-state index in [2.05, 4.69) is 20.4 Å². The minimum Gasteiger partial charge on any atom is -0.395 e. The molecule has 0 spiro atoms. The topological polar surface area (TPSA) is 102 Å². The Morgan fingerprint density at radius 2 is 2.37 bits per heavy atom. The molecule has 2 heterocycles. The average molecular weight is 262 g/mol. The lowest BCUT2D eigenvalue weighted by molar-refractivity contribution is 0.0944. The molecular formula is C12H18N6O. The first kappa shape index (κ1) is 13.1. The van der Waals surface area contributed by atoms with Gasteiger partial charge in [0.05, 0.1) is 17.7 Å². The van der Waals surface area contributed by atoms with E-state index in [1.807, 2.05) is 6.92 Å². The Hall–Kier alpha value is -2.31. The van der Waals surface area contributed by atoms with Gasteiger partial charge in [-0.15, -0.1) is 0 Å². The maximum absolute atomic E-state index is 12.1. The Morgan fingerprint density at radius 1 is 1.58 bits per heavy atom. The molecule has 19 heavy (non-hydrogen) atoms. The van der Waals surface area contributed by atoms with Crippen molar-refractivity contribution in [3.8, 4) is 0 Å². The number of nitrogens with two attached hydrogens (primary N) is 1. The molecule has 0 bridgehead atoms. The number of aryl methyl sites for hydroxylation is 2. The fraction of sp³-hybridized carbons (Fsp3) is 0.417. The molecule has 102 valence electrons. The number of aromatic amines is 1. The number of nitrogens with zero attached hydrogens (tertiary/aromatic N) is 3. The molecule has 1 amide bonds. The Morgan fingerprint density at radius 3 is 3.00 bits per heavy atom. The predicted octanol–water partition coefficient (Wildman–Crippen LogP) is 0.489. The number of anilines is 1. The van der Waals surface area contributed by atoms with E-state index in [1.54, 1.807) is 24.1 Å². The predicted molar refractivity (Wildman–Crippen MR) is 71.7 cm³/mol. The molecule has 0 saturated carbocycles. The molecule has 0 fully saturated rings. The third-order valence-corrected chi connectivity index (χ3v) is 2.92. The van der Waals surface area contributed by atoms with E-state index < -0.39 is 0 Å². The van der Waals surface area contributed by atoms with Gasteiger partial charge in [0, 0.05) is 31.4 Å². The second-order valence-electron chi connectivity index (χ2n) is 4.25. The molecule has 2 aromatic rings. The van der Waals surface area contributed by atoms with E-state index >= 15 is 0 Å². The first-order valence-corrected chi connectivity index (χ1v) is 6.21. The summed E-state index contributed by atoms with van der Waals surface area (Å²) in [4.78, 5) is 19.0. The molecule has 0 saturated heterocycles. The van der Waals surface area contributed by atoms with Crippen molar-refractivity contribution in [1.29, 1.82) is 0 Å². The van der Waals surface area contributed by atoms with Crippen LogP contribution in [0.3, 0.4) is 0 Å². The first-order valence-electron chi connectivity index (χ1n) is 6.21. The van der Waals surface area contributed by atoms with Crippen molar-refractivity contribution in [2.45, 2.75) is 26.8 Å². The van der Waals surface area contributed by atoms with Crippen LogP contribution in [0.5, 0.6) is 0 Å². The molecule has 0 radical (unpaired) electrons. The summed E-state index contributed by atoms with van der Waals surface area (Å²) in [5.41, 5.74) is 8.43. The van der Waals surface area contributed by atoms with Gasteiger partial charge < -0.3 is 16.0 Å². The van der Waals surface area contributed by atoms with E-state index in [0.717, 1.165) is 5.69 Å². The van der Waals surface area contributed by atoms with Crippen LogP contribution in [0.1, 0.15) is 28.8 Å². The van der Waals surface area contributed by atoms with E-state index in [-0.39, 0.29) is 5.91 Å². The molecule has 7 nitrogen and oxygen atoms in total. The number of nitrogen functional groups attached to an aromatic ring is 1. The van der Waals surface area contributed by atoms with Gasteiger partial charge in [0.2, 0.25) is 0 Å². The molecule has 2 rings (SSSR count). The third kappa shape index (κ3) is 2.75. The highest BCUT2D eigenvalue weighted by molar-refractivity contribution is 5.97. The van der Waals surface area contributed by atoms with Crippen LogP contribution in [-0.4, -0.2) is 32.2 Å². The van der Waals surface area contributed by atoms with Crippen molar-refractivity contribution < 1.29 is 4.79 Å². The number of aromatic nitrogens is 4. The van der Waals surface area contributed by atoms with Crippen LogP contribution in [0.4, 0.5) is 5.69 Å². The molecular weight excluding hydrogens is 244 g/mol. The number of hydrogen-bond acceptors (Lipinski definition) is 4.